The van der Waals surface area contributed by atoms with Crippen LogP contribution in [0.15, 0.2) is 0 Å². The zero-order valence-corrected chi connectivity index (χ0v) is 53.3. The van der Waals surface area contributed by atoms with Gasteiger partial charge >= 0.3 is 27.6 Å². The second-order valence-electron chi connectivity index (χ2n) is 23.2. The van der Waals surface area contributed by atoms with Gasteiger partial charge in [-0.05, 0) is 32.1 Å². The Labute approximate surface area is 481 Å². The molecule has 470 valence electrons. The van der Waals surface area contributed by atoms with Crippen LogP contribution in [-0.4, -0.2) is 164 Å². The van der Waals surface area contributed by atoms with Crippen LogP contribution in [0.2, 0.25) is 0 Å². The number of carbonyl (C=O) groups excluding carboxylic acids is 4. The van der Waals surface area contributed by atoms with Gasteiger partial charge in [0.15, 0.2) is 6.10 Å². The highest BCUT2D eigenvalue weighted by molar-refractivity contribution is 7.47. The van der Waals surface area contributed by atoms with Gasteiger partial charge in [0.25, 0.3) is 0 Å². The predicted octanol–water partition coefficient (Wildman–Crippen LogP) is 13.6. The molecule has 0 saturated heterocycles. The van der Waals surface area contributed by atoms with E-state index in [4.69, 9.17) is 37.0 Å². The minimum atomic E-state index is -4.38. The van der Waals surface area contributed by atoms with Gasteiger partial charge in [0.05, 0.1) is 62.1 Å². The molecule has 79 heavy (non-hydrogen) atoms. The molecule has 0 spiro atoms. The standard InChI is InChI=1S/C30H58NO9P.C29H60NO7P/c1-5-6-7-8-9-10-11-12-13-14-15-16-17-18-21-29(33)37-26-28(40-30(34)22-19-20-24-32)27-39-41(35,36)38-25-23-31(2,3)4;1-5-6-7-8-9-10-11-12-13-14-15-16-17-20-24-34-27-29(35-25-21-18-19-23-31)28-37-38(32,33)36-26-22-30(2,3)4/h24,28H,5-23,25-27H2,1-4H3;23,29H,5-22,24-28H2,1-4H3/p+2. The number of rotatable bonds is 59. The SMILES string of the molecule is CCCCCCCCCCCCCCCCC(=O)OCC(COP(=O)(O)OCC[N+](C)(C)C)OC(=O)CCCC=O.CCCCCCCCCCCCCCCCOCC(COP(=O)(O)OCC[N+](C)(C)C)OCCCCC=O. The van der Waals surface area contributed by atoms with Crippen molar-refractivity contribution in [3.05, 3.63) is 0 Å². The van der Waals surface area contributed by atoms with Crippen LogP contribution in [0.5, 0.6) is 0 Å². The van der Waals surface area contributed by atoms with Crippen molar-refractivity contribution in [1.29, 1.82) is 0 Å². The van der Waals surface area contributed by atoms with Crippen molar-refractivity contribution in [2.24, 2.45) is 0 Å². The summed E-state index contributed by atoms with van der Waals surface area (Å²) in [5.74, 6) is -1.03. The third-order valence-corrected chi connectivity index (χ3v) is 15.0. The lowest BCUT2D eigenvalue weighted by molar-refractivity contribution is -0.870. The van der Waals surface area contributed by atoms with Crippen LogP contribution in [0.3, 0.4) is 0 Å². The average Bonchev–Trinajstić information content (AvgIpc) is 3.37. The largest absolute Gasteiger partial charge is 0.472 e. The molecule has 0 aromatic heterocycles. The first-order valence-corrected chi connectivity index (χ1v) is 33.9. The van der Waals surface area contributed by atoms with Crippen LogP contribution < -0.4 is 0 Å². The molecule has 0 aromatic rings. The van der Waals surface area contributed by atoms with Gasteiger partial charge in [-0.2, -0.15) is 0 Å². The van der Waals surface area contributed by atoms with E-state index in [-0.39, 0.29) is 45.7 Å². The number of hydrogen-bond donors (Lipinski definition) is 2. The quantitative estimate of drug-likeness (QED) is 0.0190. The molecule has 0 amide bonds. The summed E-state index contributed by atoms with van der Waals surface area (Å²) >= 11 is 0. The highest BCUT2D eigenvalue weighted by atomic mass is 31.2. The number of quaternary nitrogens is 2. The van der Waals surface area contributed by atoms with Crippen molar-refractivity contribution in [3.63, 3.8) is 0 Å². The van der Waals surface area contributed by atoms with Crippen LogP contribution in [0.4, 0.5) is 0 Å². The topological polar surface area (TPSA) is 217 Å². The van der Waals surface area contributed by atoms with E-state index in [0.717, 1.165) is 51.2 Å². The number of unbranched alkanes of at least 4 members (excludes halogenated alkanes) is 29. The monoisotopic (exact) mass is 1170 g/mol. The Kier molecular flexibility index (Phi) is 54.6. The number of aldehydes is 2. The van der Waals surface area contributed by atoms with Crippen LogP contribution in [-0.2, 0) is 65.4 Å². The summed E-state index contributed by atoms with van der Waals surface area (Å²) in [7, 11) is 3.16. The van der Waals surface area contributed by atoms with Gasteiger partial charge in [-0.3, -0.25) is 27.7 Å². The molecule has 18 nitrogen and oxygen atoms in total. The summed E-state index contributed by atoms with van der Waals surface area (Å²) in [4.78, 5) is 65.2. The second kappa shape index (κ2) is 54.3. The molecule has 0 radical (unpaired) electrons. The van der Waals surface area contributed by atoms with Crippen molar-refractivity contribution in [1.82, 2.24) is 0 Å². The predicted molar refractivity (Wildman–Crippen MR) is 316 cm³/mol. The van der Waals surface area contributed by atoms with Crippen LogP contribution in [0, 0.1) is 0 Å². The summed E-state index contributed by atoms with van der Waals surface area (Å²) in [6, 6.07) is 0. The van der Waals surface area contributed by atoms with Crippen molar-refractivity contribution in [2.75, 3.05) is 108 Å². The molecule has 2 N–H and O–H groups in total. The minimum absolute atomic E-state index is 0.000973. The molecule has 0 aliphatic heterocycles. The number of carbonyl (C=O) groups is 4. The number of ether oxygens (including phenoxy) is 4. The van der Waals surface area contributed by atoms with Gasteiger partial charge in [-0.15, -0.1) is 0 Å². The molecular formula is C59H120N2O16P2+2. The van der Waals surface area contributed by atoms with E-state index in [1.807, 2.05) is 42.3 Å². The second-order valence-corrected chi connectivity index (χ2v) is 26.2. The molecule has 0 bridgehead atoms. The Morgan fingerprint density at radius 2 is 0.785 bits per heavy atom. The van der Waals surface area contributed by atoms with Crippen LogP contribution in [0.25, 0.3) is 0 Å². The summed E-state index contributed by atoms with van der Waals surface area (Å²) in [5, 5.41) is 0. The van der Waals surface area contributed by atoms with E-state index >= 15 is 0 Å². The Morgan fingerprint density at radius 1 is 0.418 bits per heavy atom. The Hall–Kier alpha value is -1.66. The van der Waals surface area contributed by atoms with E-state index in [1.54, 1.807) is 0 Å². The summed E-state index contributed by atoms with van der Waals surface area (Å²) < 4.78 is 68.0. The van der Waals surface area contributed by atoms with Crippen LogP contribution >= 0.6 is 15.6 Å². The van der Waals surface area contributed by atoms with Gasteiger partial charge in [-0.25, -0.2) is 9.13 Å². The molecule has 20 heteroatoms. The number of likely N-dealkylation sites (N-methyl/N-ethyl adjacent to an activating group) is 2. The van der Waals surface area contributed by atoms with Crippen LogP contribution in [0.1, 0.15) is 239 Å². The lowest BCUT2D eigenvalue weighted by atomic mass is 10.0. The normalized spacial score (nSPS) is 14.2. The first-order chi connectivity index (χ1) is 37.7. The van der Waals surface area contributed by atoms with Crippen molar-refractivity contribution < 1.29 is 84.1 Å². The van der Waals surface area contributed by atoms with Gasteiger partial charge in [-0.1, -0.05) is 181 Å². The molecule has 4 atom stereocenters. The number of esters is 2. The first kappa shape index (κ1) is 79.4. The average molecular weight is 1180 g/mol. The molecule has 0 aliphatic rings. The Balaban J connectivity index is 0. The molecule has 0 aromatic carbocycles. The first-order valence-electron chi connectivity index (χ1n) is 31.0. The third-order valence-electron chi connectivity index (χ3n) is 13.1. The van der Waals surface area contributed by atoms with Gasteiger partial charge < -0.3 is 47.3 Å². The molecule has 4 unspecified atom stereocenters. The smallest absolute Gasteiger partial charge is 0.462 e. The van der Waals surface area contributed by atoms with E-state index in [9.17, 15) is 38.1 Å². The lowest BCUT2D eigenvalue weighted by Gasteiger charge is -2.24. The van der Waals surface area contributed by atoms with Crippen molar-refractivity contribution in [2.45, 2.75) is 251 Å². The maximum Gasteiger partial charge on any atom is 0.472 e. The molecule has 0 saturated carbocycles. The fourth-order valence-electron chi connectivity index (χ4n) is 8.04. The van der Waals surface area contributed by atoms with Crippen molar-refractivity contribution >= 4 is 40.2 Å². The highest BCUT2D eigenvalue weighted by Gasteiger charge is 2.28. The van der Waals surface area contributed by atoms with Crippen molar-refractivity contribution in [3.8, 4) is 0 Å². The summed E-state index contributed by atoms with van der Waals surface area (Å²) in [6.45, 7) is 6.26. The lowest BCUT2D eigenvalue weighted by Crippen LogP contribution is -2.37. The summed E-state index contributed by atoms with van der Waals surface area (Å²) in [6.07, 6.45) is 38.5. The molecule has 0 heterocycles. The number of phosphoric ester groups is 2. The van der Waals surface area contributed by atoms with E-state index < -0.39 is 46.4 Å². The Bertz CT molecular complexity index is 1520. The maximum absolute atomic E-state index is 12.2. The van der Waals surface area contributed by atoms with Gasteiger partial charge in [0, 0.05) is 38.9 Å². The fraction of sp³-hybridized carbons (Fsp3) is 0.932. The van der Waals surface area contributed by atoms with E-state index in [0.29, 0.717) is 61.0 Å². The maximum atomic E-state index is 12.2. The van der Waals surface area contributed by atoms with Gasteiger partial charge in [0.2, 0.25) is 0 Å². The highest BCUT2D eigenvalue weighted by Crippen LogP contribution is 2.44. The number of hydrogen-bond acceptors (Lipinski definition) is 14. The van der Waals surface area contributed by atoms with Gasteiger partial charge in [0.1, 0.15) is 51.6 Å². The molecular weight excluding hydrogens is 1050 g/mol. The number of nitrogens with zero attached hydrogens (tertiary/aromatic N) is 2. The zero-order chi connectivity index (χ0) is 59.2. The fourth-order valence-corrected chi connectivity index (χ4v) is 9.52. The molecule has 0 aliphatic carbocycles. The van der Waals surface area contributed by atoms with E-state index in [1.165, 1.54) is 148 Å². The molecule has 0 rings (SSSR count). The summed E-state index contributed by atoms with van der Waals surface area (Å²) in [5.41, 5.74) is 0. The third kappa shape index (κ3) is 63.8. The molecule has 0 fully saturated rings. The minimum Gasteiger partial charge on any atom is -0.462 e. The number of phosphoric acid groups is 2. The van der Waals surface area contributed by atoms with E-state index in [2.05, 4.69) is 13.8 Å². The Morgan fingerprint density at radius 3 is 1.20 bits per heavy atom. The zero-order valence-electron chi connectivity index (χ0n) is 51.5.